The van der Waals surface area contributed by atoms with E-state index in [4.69, 9.17) is 0 Å². The van der Waals surface area contributed by atoms with Gasteiger partial charge in [0.2, 0.25) is 0 Å². The molecule has 2 heterocycles. The van der Waals surface area contributed by atoms with Crippen LogP contribution in [0.4, 0.5) is 0 Å². The standard InChI is InChI=1S/C11H18N2S2/c1-11(2)3-5-14-8-9(11)13-7-10-12-4-6-15-10/h4,6,9,13H,3,5,7-8H2,1-2H3. The average Bonchev–Trinajstić information content (AvgIpc) is 2.68. The fourth-order valence-electron chi connectivity index (χ4n) is 1.82. The molecule has 84 valence electrons. The predicted molar refractivity (Wildman–Crippen MR) is 68.5 cm³/mol. The summed E-state index contributed by atoms with van der Waals surface area (Å²) >= 11 is 3.79. The van der Waals surface area contributed by atoms with Crippen LogP contribution in [0.15, 0.2) is 11.6 Å². The maximum absolute atomic E-state index is 4.30. The van der Waals surface area contributed by atoms with Crippen molar-refractivity contribution in [3.05, 3.63) is 16.6 Å². The molecule has 1 aromatic heterocycles. The van der Waals surface area contributed by atoms with Gasteiger partial charge in [0.05, 0.1) is 0 Å². The van der Waals surface area contributed by atoms with Gasteiger partial charge in [0, 0.05) is 29.9 Å². The lowest BCUT2D eigenvalue weighted by Gasteiger charge is -2.38. The first-order valence-electron chi connectivity index (χ1n) is 5.38. The van der Waals surface area contributed by atoms with Crippen molar-refractivity contribution in [3.63, 3.8) is 0 Å². The van der Waals surface area contributed by atoms with E-state index in [0.717, 1.165) is 6.54 Å². The van der Waals surface area contributed by atoms with E-state index in [1.165, 1.54) is 22.9 Å². The van der Waals surface area contributed by atoms with Gasteiger partial charge in [-0.25, -0.2) is 4.98 Å². The van der Waals surface area contributed by atoms with Crippen molar-refractivity contribution in [2.45, 2.75) is 32.9 Å². The molecule has 1 aliphatic rings. The molecule has 1 unspecified atom stereocenters. The van der Waals surface area contributed by atoms with Gasteiger partial charge in [0.25, 0.3) is 0 Å². The normalized spacial score (nSPS) is 25.3. The third kappa shape index (κ3) is 2.95. The average molecular weight is 242 g/mol. The summed E-state index contributed by atoms with van der Waals surface area (Å²) < 4.78 is 0. The van der Waals surface area contributed by atoms with Gasteiger partial charge in [-0.05, 0) is 17.6 Å². The molecule has 2 nitrogen and oxygen atoms in total. The molecule has 0 bridgehead atoms. The van der Waals surface area contributed by atoms with E-state index in [1.807, 2.05) is 11.6 Å². The fraction of sp³-hybridized carbons (Fsp3) is 0.727. The SMILES string of the molecule is CC1(C)CCSCC1NCc1nccs1. The van der Waals surface area contributed by atoms with Crippen molar-refractivity contribution in [2.75, 3.05) is 11.5 Å². The van der Waals surface area contributed by atoms with E-state index in [2.05, 4.69) is 35.9 Å². The lowest BCUT2D eigenvalue weighted by atomic mass is 9.82. The van der Waals surface area contributed by atoms with Gasteiger partial charge in [-0.2, -0.15) is 11.8 Å². The highest BCUT2D eigenvalue weighted by molar-refractivity contribution is 7.99. The largest absolute Gasteiger partial charge is 0.306 e. The minimum Gasteiger partial charge on any atom is -0.306 e. The highest BCUT2D eigenvalue weighted by Crippen LogP contribution is 2.34. The number of hydrogen-bond acceptors (Lipinski definition) is 4. The molecule has 0 amide bonds. The number of thiazole rings is 1. The van der Waals surface area contributed by atoms with E-state index in [-0.39, 0.29) is 0 Å². The summed E-state index contributed by atoms with van der Waals surface area (Å²) in [5, 5.41) is 6.88. The van der Waals surface area contributed by atoms with Crippen molar-refractivity contribution in [2.24, 2.45) is 5.41 Å². The van der Waals surface area contributed by atoms with Crippen LogP contribution < -0.4 is 5.32 Å². The Morgan fingerprint density at radius 2 is 2.47 bits per heavy atom. The Balaban J connectivity index is 1.88. The Kier molecular flexibility index (Phi) is 3.69. The van der Waals surface area contributed by atoms with Crippen LogP contribution in [0.25, 0.3) is 0 Å². The summed E-state index contributed by atoms with van der Waals surface area (Å²) in [6.07, 6.45) is 3.19. The fourth-order valence-corrected chi connectivity index (χ4v) is 4.03. The lowest BCUT2D eigenvalue weighted by molar-refractivity contribution is 0.245. The van der Waals surface area contributed by atoms with E-state index in [1.54, 1.807) is 11.3 Å². The molecule has 0 radical (unpaired) electrons. The number of thioether (sulfide) groups is 1. The zero-order valence-electron chi connectivity index (χ0n) is 9.32. The first-order chi connectivity index (χ1) is 7.18. The smallest absolute Gasteiger partial charge is 0.106 e. The minimum absolute atomic E-state index is 0.433. The topological polar surface area (TPSA) is 24.9 Å². The van der Waals surface area contributed by atoms with Crippen LogP contribution in [-0.2, 0) is 6.54 Å². The summed E-state index contributed by atoms with van der Waals surface area (Å²) in [5.74, 6) is 2.54. The molecule has 2 rings (SSSR count). The Morgan fingerprint density at radius 3 is 3.13 bits per heavy atom. The number of nitrogens with one attached hydrogen (secondary N) is 1. The molecule has 0 aromatic carbocycles. The highest BCUT2D eigenvalue weighted by Gasteiger charge is 2.32. The third-order valence-corrected chi connectivity index (χ3v) is 4.94. The van der Waals surface area contributed by atoms with Crippen molar-refractivity contribution < 1.29 is 0 Å². The van der Waals surface area contributed by atoms with Gasteiger partial charge in [0.15, 0.2) is 0 Å². The number of aromatic nitrogens is 1. The molecule has 1 aliphatic heterocycles. The van der Waals surface area contributed by atoms with Gasteiger partial charge in [-0.15, -0.1) is 11.3 Å². The molecule has 0 spiro atoms. The van der Waals surface area contributed by atoms with Gasteiger partial charge >= 0.3 is 0 Å². The van der Waals surface area contributed by atoms with Gasteiger partial charge in [-0.1, -0.05) is 13.8 Å². The van der Waals surface area contributed by atoms with Crippen molar-refractivity contribution in [3.8, 4) is 0 Å². The Morgan fingerprint density at radius 1 is 1.60 bits per heavy atom. The van der Waals surface area contributed by atoms with Crippen LogP contribution >= 0.6 is 23.1 Å². The summed E-state index contributed by atoms with van der Waals surface area (Å²) in [5.41, 5.74) is 0.433. The van der Waals surface area contributed by atoms with Crippen LogP contribution in [0.1, 0.15) is 25.3 Å². The number of nitrogens with zero attached hydrogens (tertiary/aromatic N) is 1. The predicted octanol–water partition coefficient (Wildman–Crippen LogP) is 2.76. The molecule has 1 N–H and O–H groups in total. The molecule has 1 aromatic rings. The maximum Gasteiger partial charge on any atom is 0.106 e. The van der Waals surface area contributed by atoms with Crippen molar-refractivity contribution in [1.82, 2.24) is 10.3 Å². The summed E-state index contributed by atoms with van der Waals surface area (Å²) in [4.78, 5) is 4.30. The second-order valence-electron chi connectivity index (χ2n) is 4.67. The zero-order chi connectivity index (χ0) is 10.7. The van der Waals surface area contributed by atoms with Crippen molar-refractivity contribution >= 4 is 23.1 Å². The van der Waals surface area contributed by atoms with Crippen LogP contribution in [0, 0.1) is 5.41 Å². The van der Waals surface area contributed by atoms with E-state index in [0.29, 0.717) is 11.5 Å². The Labute approximate surface area is 99.9 Å². The molecule has 1 atom stereocenters. The molecule has 0 saturated carbocycles. The summed E-state index contributed by atoms with van der Waals surface area (Å²) in [6, 6.07) is 0.625. The maximum atomic E-state index is 4.30. The van der Waals surface area contributed by atoms with Gasteiger partial charge in [0.1, 0.15) is 5.01 Å². The monoisotopic (exact) mass is 242 g/mol. The van der Waals surface area contributed by atoms with Crippen LogP contribution in [-0.4, -0.2) is 22.5 Å². The molecular formula is C11H18N2S2. The number of rotatable bonds is 3. The van der Waals surface area contributed by atoms with Gasteiger partial charge < -0.3 is 5.32 Å². The second-order valence-corrected chi connectivity index (χ2v) is 6.80. The molecule has 1 saturated heterocycles. The van der Waals surface area contributed by atoms with E-state index >= 15 is 0 Å². The zero-order valence-corrected chi connectivity index (χ0v) is 11.0. The minimum atomic E-state index is 0.433. The van der Waals surface area contributed by atoms with Crippen LogP contribution in [0.2, 0.25) is 0 Å². The summed E-state index contributed by atoms with van der Waals surface area (Å²) in [6.45, 7) is 5.66. The highest BCUT2D eigenvalue weighted by atomic mass is 32.2. The van der Waals surface area contributed by atoms with E-state index < -0.39 is 0 Å². The van der Waals surface area contributed by atoms with Gasteiger partial charge in [-0.3, -0.25) is 0 Å². The molecular weight excluding hydrogens is 224 g/mol. The lowest BCUT2D eigenvalue weighted by Crippen LogP contribution is -2.46. The first kappa shape index (κ1) is 11.4. The van der Waals surface area contributed by atoms with Crippen LogP contribution in [0.5, 0.6) is 0 Å². The molecule has 1 fully saturated rings. The Bertz CT molecular complexity index is 296. The molecule has 4 heteroatoms. The Hall–Kier alpha value is -0.0600. The first-order valence-corrected chi connectivity index (χ1v) is 7.41. The second kappa shape index (κ2) is 4.85. The van der Waals surface area contributed by atoms with Crippen molar-refractivity contribution in [1.29, 1.82) is 0 Å². The quantitative estimate of drug-likeness (QED) is 0.882. The van der Waals surface area contributed by atoms with Crippen LogP contribution in [0.3, 0.4) is 0 Å². The number of hydrogen-bond donors (Lipinski definition) is 1. The summed E-state index contributed by atoms with van der Waals surface area (Å²) in [7, 11) is 0. The molecule has 15 heavy (non-hydrogen) atoms. The third-order valence-electron chi connectivity index (χ3n) is 3.10. The molecule has 0 aliphatic carbocycles. The van der Waals surface area contributed by atoms with E-state index in [9.17, 15) is 0 Å².